The molecule has 0 unspecified atom stereocenters. The largest absolute Gasteiger partial charge is 0.484 e. The maximum Gasteiger partial charge on any atom is 0.422 e. The minimum Gasteiger partial charge on any atom is -0.484 e. The normalized spacial score (nSPS) is 14.3. The van der Waals surface area contributed by atoms with Crippen LogP contribution in [0.15, 0.2) is 34.6 Å². The van der Waals surface area contributed by atoms with E-state index in [1.807, 2.05) is 0 Å². The molecule has 0 bridgehead atoms. The van der Waals surface area contributed by atoms with Crippen LogP contribution in [0.3, 0.4) is 0 Å². The number of halogens is 4. The predicted octanol–water partition coefficient (Wildman–Crippen LogP) is 4.21. The van der Waals surface area contributed by atoms with E-state index in [4.69, 9.17) is 9.72 Å². The van der Waals surface area contributed by atoms with Gasteiger partial charge in [-0.05, 0) is 30.5 Å². The van der Waals surface area contributed by atoms with E-state index in [-0.39, 0.29) is 29.7 Å². The summed E-state index contributed by atoms with van der Waals surface area (Å²) in [4.78, 5) is 11.2. The van der Waals surface area contributed by atoms with Gasteiger partial charge in [0.1, 0.15) is 5.75 Å². The van der Waals surface area contributed by atoms with Gasteiger partial charge in [0.2, 0.25) is 0 Å². The molecule has 172 valence electrons. The fourth-order valence-electron chi connectivity index (χ4n) is 3.05. The molecular formula is C20H27F3IN5OS. The van der Waals surface area contributed by atoms with Gasteiger partial charge in [-0.2, -0.15) is 13.2 Å². The molecule has 2 N–H and O–H groups in total. The molecule has 0 radical (unpaired) electrons. The van der Waals surface area contributed by atoms with Crippen LogP contribution in [0.1, 0.15) is 24.1 Å². The molecule has 0 aliphatic carbocycles. The van der Waals surface area contributed by atoms with E-state index in [0.717, 1.165) is 35.9 Å². The van der Waals surface area contributed by atoms with Gasteiger partial charge in [0, 0.05) is 45.0 Å². The number of anilines is 1. The number of ether oxygens (including phenoxy) is 1. The topological polar surface area (TPSA) is 61.8 Å². The fraction of sp³-hybridized carbons (Fsp3) is 0.500. The van der Waals surface area contributed by atoms with Crippen LogP contribution in [-0.2, 0) is 13.0 Å². The third-order valence-electron chi connectivity index (χ3n) is 4.60. The van der Waals surface area contributed by atoms with Gasteiger partial charge in [0.25, 0.3) is 0 Å². The van der Waals surface area contributed by atoms with E-state index in [9.17, 15) is 13.2 Å². The van der Waals surface area contributed by atoms with Crippen LogP contribution in [0.5, 0.6) is 5.75 Å². The molecule has 1 fully saturated rings. The van der Waals surface area contributed by atoms with Crippen molar-refractivity contribution in [3.05, 3.63) is 40.9 Å². The molecule has 31 heavy (non-hydrogen) atoms. The van der Waals surface area contributed by atoms with E-state index >= 15 is 0 Å². The summed E-state index contributed by atoms with van der Waals surface area (Å²) in [6.07, 6.45) is -1.06. The van der Waals surface area contributed by atoms with Gasteiger partial charge in [-0.1, -0.05) is 12.1 Å². The summed E-state index contributed by atoms with van der Waals surface area (Å²) in [7, 11) is 1.69. The lowest BCUT2D eigenvalue weighted by atomic mass is 10.2. The van der Waals surface area contributed by atoms with Gasteiger partial charge in [0.15, 0.2) is 17.7 Å². The summed E-state index contributed by atoms with van der Waals surface area (Å²) >= 11 is 1.69. The van der Waals surface area contributed by atoms with Gasteiger partial charge in [-0.25, -0.2) is 4.98 Å². The van der Waals surface area contributed by atoms with E-state index in [1.165, 1.54) is 25.0 Å². The number of alkyl halides is 3. The van der Waals surface area contributed by atoms with Crippen LogP contribution in [0.25, 0.3) is 0 Å². The first-order valence-corrected chi connectivity index (χ1v) is 10.7. The summed E-state index contributed by atoms with van der Waals surface area (Å²) in [5, 5.41) is 9.65. The molecule has 11 heteroatoms. The second-order valence-electron chi connectivity index (χ2n) is 6.97. The number of rotatable bonds is 8. The molecule has 1 aliphatic heterocycles. The van der Waals surface area contributed by atoms with Crippen molar-refractivity contribution in [3.8, 4) is 5.75 Å². The van der Waals surface area contributed by atoms with Crippen LogP contribution in [-0.4, -0.2) is 50.4 Å². The second kappa shape index (κ2) is 12.3. The van der Waals surface area contributed by atoms with Gasteiger partial charge in [-0.3, -0.25) is 4.99 Å². The van der Waals surface area contributed by atoms with Crippen molar-refractivity contribution in [2.24, 2.45) is 4.99 Å². The Hall–Kier alpha value is -1.76. The number of thiazole rings is 1. The third kappa shape index (κ3) is 8.71. The molecule has 0 atom stereocenters. The highest BCUT2D eigenvalue weighted by atomic mass is 127. The second-order valence-corrected chi connectivity index (χ2v) is 7.80. The molecule has 2 heterocycles. The number of hydrogen-bond acceptors (Lipinski definition) is 5. The Morgan fingerprint density at radius 3 is 2.55 bits per heavy atom. The van der Waals surface area contributed by atoms with Crippen LogP contribution < -0.4 is 20.3 Å². The zero-order valence-electron chi connectivity index (χ0n) is 17.2. The van der Waals surface area contributed by atoms with Crippen molar-refractivity contribution in [1.29, 1.82) is 0 Å². The van der Waals surface area contributed by atoms with Gasteiger partial charge >= 0.3 is 6.18 Å². The summed E-state index contributed by atoms with van der Waals surface area (Å²) < 4.78 is 41.3. The summed E-state index contributed by atoms with van der Waals surface area (Å²) in [5.41, 5.74) is 1.98. The van der Waals surface area contributed by atoms with Crippen molar-refractivity contribution in [2.75, 3.05) is 38.2 Å². The number of benzene rings is 1. The van der Waals surface area contributed by atoms with Crippen molar-refractivity contribution in [1.82, 2.24) is 15.6 Å². The lowest BCUT2D eigenvalue weighted by Gasteiger charge is -2.13. The van der Waals surface area contributed by atoms with Gasteiger partial charge < -0.3 is 20.3 Å². The number of hydrogen-bond donors (Lipinski definition) is 2. The van der Waals surface area contributed by atoms with Gasteiger partial charge in [0.05, 0.1) is 5.69 Å². The average molecular weight is 569 g/mol. The van der Waals surface area contributed by atoms with Crippen LogP contribution in [0.4, 0.5) is 18.3 Å². The van der Waals surface area contributed by atoms with E-state index in [0.29, 0.717) is 19.0 Å². The Labute approximate surface area is 201 Å². The minimum atomic E-state index is -4.34. The zero-order chi connectivity index (χ0) is 21.4. The molecule has 3 rings (SSSR count). The van der Waals surface area contributed by atoms with E-state index < -0.39 is 12.8 Å². The van der Waals surface area contributed by atoms with Crippen molar-refractivity contribution >= 4 is 46.4 Å². The molecule has 0 amide bonds. The minimum absolute atomic E-state index is 0. The molecule has 1 aromatic heterocycles. The molecule has 1 saturated heterocycles. The Bertz CT molecular complexity index is 823. The molecular weight excluding hydrogens is 542 g/mol. The highest BCUT2D eigenvalue weighted by Crippen LogP contribution is 2.24. The number of aliphatic imine (C=N–C) groups is 1. The molecule has 1 aliphatic rings. The molecule has 6 nitrogen and oxygen atoms in total. The van der Waals surface area contributed by atoms with Crippen LogP contribution >= 0.6 is 35.3 Å². The first-order valence-electron chi connectivity index (χ1n) is 9.85. The summed E-state index contributed by atoms with van der Waals surface area (Å²) in [6.45, 7) is 2.09. The standard InChI is InChI=1S/C20H26F3N5OS.HI/c1-24-18(25-9-8-16-13-30-19(27-16)28-10-2-3-11-28)26-12-15-4-6-17(7-5-15)29-14-20(21,22)23;/h4-7,13H,2-3,8-12,14H2,1H3,(H2,24,25,26);1H. The third-order valence-corrected chi connectivity index (χ3v) is 5.55. The first-order chi connectivity index (χ1) is 14.4. The maximum atomic E-state index is 12.2. The Morgan fingerprint density at radius 1 is 1.19 bits per heavy atom. The fourth-order valence-corrected chi connectivity index (χ4v) is 3.96. The molecule has 0 saturated carbocycles. The quantitative estimate of drug-likeness (QED) is 0.284. The number of guanidine groups is 1. The van der Waals surface area contributed by atoms with E-state index in [2.05, 4.69) is 25.9 Å². The Kier molecular flexibility index (Phi) is 10.1. The lowest BCUT2D eigenvalue weighted by molar-refractivity contribution is -0.153. The number of nitrogens with one attached hydrogen (secondary N) is 2. The highest BCUT2D eigenvalue weighted by molar-refractivity contribution is 14.0. The van der Waals surface area contributed by atoms with Crippen molar-refractivity contribution in [2.45, 2.75) is 32.0 Å². The monoisotopic (exact) mass is 569 g/mol. The predicted molar refractivity (Wildman–Crippen MR) is 129 cm³/mol. The maximum absolute atomic E-state index is 12.2. The molecule has 0 spiro atoms. The van der Waals surface area contributed by atoms with Crippen molar-refractivity contribution in [3.63, 3.8) is 0 Å². The first kappa shape index (κ1) is 25.5. The molecule has 1 aromatic carbocycles. The number of nitrogens with zero attached hydrogens (tertiary/aromatic N) is 3. The molecule has 2 aromatic rings. The Balaban J connectivity index is 0.00000341. The Morgan fingerprint density at radius 2 is 1.90 bits per heavy atom. The highest BCUT2D eigenvalue weighted by Gasteiger charge is 2.28. The zero-order valence-corrected chi connectivity index (χ0v) is 20.4. The van der Waals surface area contributed by atoms with Crippen LogP contribution in [0, 0.1) is 0 Å². The summed E-state index contributed by atoms with van der Waals surface area (Å²) in [6, 6.07) is 6.50. The summed E-state index contributed by atoms with van der Waals surface area (Å²) in [5.74, 6) is 0.845. The smallest absolute Gasteiger partial charge is 0.422 e. The SMILES string of the molecule is CN=C(NCCc1csc(N2CCCC2)n1)NCc1ccc(OCC(F)(F)F)cc1.I. The van der Waals surface area contributed by atoms with Crippen LogP contribution in [0.2, 0.25) is 0 Å². The van der Waals surface area contributed by atoms with Gasteiger partial charge in [-0.15, -0.1) is 35.3 Å². The lowest BCUT2D eigenvalue weighted by Crippen LogP contribution is -2.37. The van der Waals surface area contributed by atoms with E-state index in [1.54, 1.807) is 30.5 Å². The number of aromatic nitrogens is 1. The average Bonchev–Trinajstić information content (AvgIpc) is 3.41. The van der Waals surface area contributed by atoms with Crippen molar-refractivity contribution < 1.29 is 17.9 Å².